The van der Waals surface area contributed by atoms with Gasteiger partial charge in [-0.2, -0.15) is 13.2 Å². The van der Waals surface area contributed by atoms with Crippen molar-refractivity contribution in [2.75, 3.05) is 19.7 Å². The number of benzene rings is 1. The summed E-state index contributed by atoms with van der Waals surface area (Å²) in [5.41, 5.74) is 5.36. The minimum atomic E-state index is -4.39. The summed E-state index contributed by atoms with van der Waals surface area (Å²) < 4.78 is 50.4. The number of esters is 1. The number of piperidine rings is 1. The maximum absolute atomic E-state index is 13.1. The average molecular weight is 485 g/mol. The molecule has 0 radical (unpaired) electrons. The van der Waals surface area contributed by atoms with Gasteiger partial charge < -0.3 is 20.3 Å². The zero-order valence-electron chi connectivity index (χ0n) is 20.0. The summed E-state index contributed by atoms with van der Waals surface area (Å²) in [6, 6.07) is 3.76. The van der Waals surface area contributed by atoms with Crippen molar-refractivity contribution in [1.82, 2.24) is 4.90 Å². The van der Waals surface area contributed by atoms with Gasteiger partial charge >= 0.3 is 12.1 Å². The summed E-state index contributed by atoms with van der Waals surface area (Å²) in [5, 5.41) is 11.0. The fourth-order valence-electron chi connectivity index (χ4n) is 5.94. The van der Waals surface area contributed by atoms with Crippen LogP contribution < -0.4 is 10.5 Å². The third kappa shape index (κ3) is 5.06. The number of carbonyl (C=O) groups excluding carboxylic acids is 1. The maximum Gasteiger partial charge on any atom is 0.416 e. The Labute approximate surface area is 198 Å². The quantitative estimate of drug-likeness (QED) is 0.599. The van der Waals surface area contributed by atoms with E-state index in [-0.39, 0.29) is 30.3 Å². The van der Waals surface area contributed by atoms with E-state index >= 15 is 0 Å². The van der Waals surface area contributed by atoms with Gasteiger partial charge in [-0.1, -0.05) is 13.0 Å². The van der Waals surface area contributed by atoms with Gasteiger partial charge in [-0.05, 0) is 62.1 Å². The van der Waals surface area contributed by atoms with Crippen LogP contribution in [0.5, 0.6) is 5.75 Å². The normalized spacial score (nSPS) is 31.8. The highest BCUT2D eigenvalue weighted by Gasteiger charge is 2.48. The largest absolute Gasteiger partial charge is 0.487 e. The molecular formula is C25H35F3N2O4. The van der Waals surface area contributed by atoms with Gasteiger partial charge in [0.15, 0.2) is 0 Å². The first kappa shape index (κ1) is 25.3. The van der Waals surface area contributed by atoms with Crippen LogP contribution in [-0.2, 0) is 22.1 Å². The summed E-state index contributed by atoms with van der Waals surface area (Å²) in [6.07, 6.45) is -1.37. The monoisotopic (exact) mass is 484 g/mol. The zero-order chi connectivity index (χ0) is 24.9. The molecule has 6 nitrogen and oxygen atoms in total. The molecule has 0 spiro atoms. The number of rotatable bonds is 6. The summed E-state index contributed by atoms with van der Waals surface area (Å²) >= 11 is 0. The second kappa shape index (κ2) is 8.99. The standard InChI is InChI=1S/C25H35F3N2O4/c1-15(18-12-24(29,13-18)14-33-16(2)31)22(32)30-8-6-19(7-9-30)23(3)11-17-4-5-20(25(26,27)28)10-21(17)34-23/h4-5,10,15,18-19,22,32H,6-9,11-14,29H2,1-3H3. The van der Waals surface area contributed by atoms with Crippen LogP contribution >= 0.6 is 0 Å². The van der Waals surface area contributed by atoms with Gasteiger partial charge in [-0.25, -0.2) is 0 Å². The maximum atomic E-state index is 13.1. The van der Waals surface area contributed by atoms with Gasteiger partial charge in [-0.15, -0.1) is 0 Å². The molecule has 3 aliphatic rings. The van der Waals surface area contributed by atoms with Gasteiger partial charge in [0, 0.05) is 32.4 Å². The van der Waals surface area contributed by atoms with Crippen LogP contribution in [0.25, 0.3) is 0 Å². The zero-order valence-corrected chi connectivity index (χ0v) is 20.0. The molecule has 34 heavy (non-hydrogen) atoms. The van der Waals surface area contributed by atoms with Crippen molar-refractivity contribution < 1.29 is 32.5 Å². The Bertz CT molecular complexity index is 910. The molecule has 0 amide bonds. The van der Waals surface area contributed by atoms with Crippen LogP contribution in [0.3, 0.4) is 0 Å². The number of alkyl halides is 3. The number of likely N-dealkylation sites (tertiary alicyclic amines) is 1. The lowest BCUT2D eigenvalue weighted by molar-refractivity contribution is -0.146. The molecule has 1 aromatic rings. The molecule has 1 saturated heterocycles. The summed E-state index contributed by atoms with van der Waals surface area (Å²) in [5.74, 6) is 0.484. The van der Waals surface area contributed by atoms with Gasteiger partial charge in [0.25, 0.3) is 0 Å². The Balaban J connectivity index is 1.29. The lowest BCUT2D eigenvalue weighted by Gasteiger charge is -2.50. The second-order valence-electron chi connectivity index (χ2n) is 10.8. The van der Waals surface area contributed by atoms with E-state index in [0.717, 1.165) is 30.5 Å². The lowest BCUT2D eigenvalue weighted by atomic mass is 9.64. The van der Waals surface area contributed by atoms with Crippen molar-refractivity contribution in [2.24, 2.45) is 23.5 Å². The second-order valence-corrected chi connectivity index (χ2v) is 10.8. The first-order chi connectivity index (χ1) is 15.8. The fraction of sp³-hybridized carbons (Fsp3) is 0.720. The summed E-state index contributed by atoms with van der Waals surface area (Å²) in [6.45, 7) is 6.99. The summed E-state index contributed by atoms with van der Waals surface area (Å²) in [4.78, 5) is 13.1. The Morgan fingerprint density at radius 1 is 1.32 bits per heavy atom. The topological polar surface area (TPSA) is 85.0 Å². The van der Waals surface area contributed by atoms with Crippen LogP contribution in [0.1, 0.15) is 57.6 Å². The van der Waals surface area contributed by atoms with Crippen LogP contribution in [0.15, 0.2) is 18.2 Å². The van der Waals surface area contributed by atoms with Crippen molar-refractivity contribution in [3.63, 3.8) is 0 Å². The highest BCUT2D eigenvalue weighted by Crippen LogP contribution is 2.46. The van der Waals surface area contributed by atoms with E-state index in [1.807, 2.05) is 13.8 Å². The van der Waals surface area contributed by atoms with Crippen molar-refractivity contribution in [1.29, 1.82) is 0 Å². The highest BCUT2D eigenvalue weighted by atomic mass is 19.4. The number of fused-ring (bicyclic) bond motifs is 1. The first-order valence-electron chi connectivity index (χ1n) is 12.0. The molecule has 1 saturated carbocycles. The van der Waals surface area contributed by atoms with E-state index in [1.165, 1.54) is 13.0 Å². The number of nitrogens with zero attached hydrogens (tertiary/aromatic N) is 1. The number of ether oxygens (including phenoxy) is 2. The molecule has 0 aromatic heterocycles. The number of aliphatic hydroxyl groups is 1. The molecule has 3 unspecified atom stereocenters. The van der Waals surface area contributed by atoms with Gasteiger partial charge in [-0.3, -0.25) is 9.69 Å². The summed E-state index contributed by atoms with van der Waals surface area (Å²) in [7, 11) is 0. The molecule has 190 valence electrons. The number of hydrogen-bond acceptors (Lipinski definition) is 6. The number of carbonyl (C=O) groups is 1. The molecule has 9 heteroatoms. The van der Waals surface area contributed by atoms with E-state index in [1.54, 1.807) is 0 Å². The predicted octanol–water partition coefficient (Wildman–Crippen LogP) is 3.74. The smallest absolute Gasteiger partial charge is 0.416 e. The number of aliphatic hydroxyl groups excluding tert-OH is 1. The molecular weight excluding hydrogens is 449 g/mol. The Morgan fingerprint density at radius 2 is 1.97 bits per heavy atom. The van der Waals surface area contributed by atoms with Gasteiger partial charge in [0.05, 0.1) is 11.1 Å². The molecule has 4 rings (SSSR count). The van der Waals surface area contributed by atoms with Gasteiger partial charge in [0.2, 0.25) is 0 Å². The number of halogens is 3. The fourth-order valence-corrected chi connectivity index (χ4v) is 5.94. The molecule has 3 N–H and O–H groups in total. The number of nitrogens with two attached hydrogens (primary N) is 1. The van der Waals surface area contributed by atoms with Crippen LogP contribution in [-0.4, -0.2) is 53.0 Å². The van der Waals surface area contributed by atoms with Crippen molar-refractivity contribution in [2.45, 2.75) is 76.4 Å². The Hall–Kier alpha value is -1.84. The third-order valence-electron chi connectivity index (χ3n) is 8.16. The number of hydrogen-bond donors (Lipinski definition) is 2. The molecule has 1 aliphatic carbocycles. The SMILES string of the molecule is CC(=O)OCC1(N)CC(C(C)C(O)N2CCC(C3(C)Cc4ccc(C(F)(F)F)cc4O3)CC2)C1. The first-order valence-corrected chi connectivity index (χ1v) is 12.0. The molecule has 2 heterocycles. The van der Waals surface area contributed by atoms with E-state index in [9.17, 15) is 23.1 Å². The van der Waals surface area contributed by atoms with Crippen LogP contribution in [0.4, 0.5) is 13.2 Å². The van der Waals surface area contributed by atoms with Crippen LogP contribution in [0.2, 0.25) is 0 Å². The van der Waals surface area contributed by atoms with E-state index in [0.29, 0.717) is 38.1 Å². The average Bonchev–Trinajstić information content (AvgIpc) is 3.11. The van der Waals surface area contributed by atoms with Crippen molar-refractivity contribution >= 4 is 5.97 Å². The Morgan fingerprint density at radius 3 is 2.56 bits per heavy atom. The van der Waals surface area contributed by atoms with Crippen molar-refractivity contribution in [3.8, 4) is 5.75 Å². The van der Waals surface area contributed by atoms with E-state index < -0.39 is 29.1 Å². The van der Waals surface area contributed by atoms with Gasteiger partial charge in [0.1, 0.15) is 24.2 Å². The molecule has 3 atom stereocenters. The minimum absolute atomic E-state index is 0.0360. The molecule has 2 aliphatic heterocycles. The predicted molar refractivity (Wildman–Crippen MR) is 120 cm³/mol. The van der Waals surface area contributed by atoms with Crippen LogP contribution in [0, 0.1) is 17.8 Å². The molecule has 2 fully saturated rings. The molecule has 1 aromatic carbocycles. The third-order valence-corrected chi connectivity index (χ3v) is 8.16. The van der Waals surface area contributed by atoms with Crippen molar-refractivity contribution in [3.05, 3.63) is 29.3 Å². The highest BCUT2D eigenvalue weighted by molar-refractivity contribution is 5.66. The van der Waals surface area contributed by atoms with E-state index in [4.69, 9.17) is 15.2 Å². The Kier molecular flexibility index (Phi) is 6.68. The minimum Gasteiger partial charge on any atom is -0.487 e. The molecule has 0 bridgehead atoms. The van der Waals surface area contributed by atoms with E-state index in [2.05, 4.69) is 4.90 Å². The lowest BCUT2D eigenvalue weighted by Crippen LogP contribution is -2.59.